The normalized spacial score (nSPS) is 12.7. The van der Waals surface area contributed by atoms with Gasteiger partial charge in [-0.05, 0) is 35.6 Å². The lowest BCUT2D eigenvalue weighted by Crippen LogP contribution is -2.23. The number of allylic oxidation sites excluding steroid dienone is 1. The van der Waals surface area contributed by atoms with Crippen molar-refractivity contribution in [3.63, 3.8) is 0 Å². The van der Waals surface area contributed by atoms with Gasteiger partial charge in [0.05, 0.1) is 0 Å². The van der Waals surface area contributed by atoms with Crippen LogP contribution in [0.1, 0.15) is 26.2 Å². The van der Waals surface area contributed by atoms with E-state index in [1.807, 2.05) is 6.08 Å². The fourth-order valence-corrected chi connectivity index (χ4v) is 1.65. The van der Waals surface area contributed by atoms with Crippen LogP contribution in [0.15, 0.2) is 23.5 Å². The first-order valence-electron chi connectivity index (χ1n) is 6.09. The van der Waals surface area contributed by atoms with Crippen LogP contribution < -0.4 is 5.69 Å². The molecular formula is C12H18N4O3. The summed E-state index contributed by atoms with van der Waals surface area (Å²) in [6, 6.07) is 0. The van der Waals surface area contributed by atoms with Gasteiger partial charge in [0, 0.05) is 18.8 Å². The Hall–Kier alpha value is -2.18. The number of carboxylic acid groups (broad SMARTS) is 1. The third kappa shape index (κ3) is 4.90. The first-order valence-corrected chi connectivity index (χ1v) is 6.09. The molecule has 1 aromatic rings. The molecule has 19 heavy (non-hydrogen) atoms. The second-order valence-corrected chi connectivity index (χ2v) is 4.35. The van der Waals surface area contributed by atoms with Crippen LogP contribution >= 0.6 is 0 Å². The van der Waals surface area contributed by atoms with Gasteiger partial charge in [-0.3, -0.25) is 0 Å². The smallest absolute Gasteiger partial charge is 0.367 e. The van der Waals surface area contributed by atoms with Crippen molar-refractivity contribution in [2.45, 2.75) is 32.7 Å². The highest BCUT2D eigenvalue weighted by atomic mass is 16.4. The van der Waals surface area contributed by atoms with E-state index in [0.29, 0.717) is 12.5 Å². The highest BCUT2D eigenvalue weighted by Crippen LogP contribution is 2.10. The lowest BCUT2D eigenvalue weighted by Gasteiger charge is -2.06. The zero-order valence-corrected chi connectivity index (χ0v) is 10.9. The molecule has 104 valence electrons. The zero-order valence-electron chi connectivity index (χ0n) is 10.9. The molecule has 0 aliphatic carbocycles. The zero-order chi connectivity index (χ0) is 14.3. The fraction of sp³-hybridized carbons (Fsp3) is 0.500. The maximum Gasteiger partial charge on any atom is 0.367 e. The molecule has 7 heteroatoms. The van der Waals surface area contributed by atoms with Gasteiger partial charge >= 0.3 is 11.7 Å². The molecule has 1 atom stereocenters. The summed E-state index contributed by atoms with van der Waals surface area (Å²) in [6.45, 7) is 6.28. The Bertz CT molecular complexity index is 515. The van der Waals surface area contributed by atoms with Gasteiger partial charge in [-0.25, -0.2) is 9.59 Å². The van der Waals surface area contributed by atoms with Crippen molar-refractivity contribution in [1.82, 2.24) is 19.8 Å². The first-order chi connectivity index (χ1) is 9.04. The SMILES string of the molecule is C=CCC(C)CCCn1nnn(/C=C\C(=O)O)c1=O. The van der Waals surface area contributed by atoms with Crippen molar-refractivity contribution in [3.8, 4) is 0 Å². The quantitative estimate of drug-likeness (QED) is 0.559. The average molecular weight is 266 g/mol. The number of carboxylic acids is 1. The molecular weight excluding hydrogens is 248 g/mol. The molecule has 0 aromatic carbocycles. The molecule has 1 unspecified atom stereocenters. The number of aromatic nitrogens is 4. The topological polar surface area (TPSA) is 90.0 Å². The molecule has 0 bridgehead atoms. The highest BCUT2D eigenvalue weighted by molar-refractivity contribution is 5.82. The van der Waals surface area contributed by atoms with E-state index in [1.54, 1.807) is 0 Å². The average Bonchev–Trinajstić information content (AvgIpc) is 2.69. The Kier molecular flexibility index (Phi) is 5.72. The van der Waals surface area contributed by atoms with Crippen LogP contribution in [-0.4, -0.2) is 30.9 Å². The molecule has 0 saturated heterocycles. The summed E-state index contributed by atoms with van der Waals surface area (Å²) in [7, 11) is 0. The van der Waals surface area contributed by atoms with Gasteiger partial charge in [0.25, 0.3) is 0 Å². The lowest BCUT2D eigenvalue weighted by atomic mass is 10.0. The van der Waals surface area contributed by atoms with Crippen LogP contribution in [0.2, 0.25) is 0 Å². The highest BCUT2D eigenvalue weighted by Gasteiger charge is 2.06. The molecule has 1 N–H and O–H groups in total. The van der Waals surface area contributed by atoms with Crippen molar-refractivity contribution < 1.29 is 9.90 Å². The Morgan fingerprint density at radius 2 is 2.26 bits per heavy atom. The summed E-state index contributed by atoms with van der Waals surface area (Å²) < 4.78 is 2.13. The van der Waals surface area contributed by atoms with E-state index in [2.05, 4.69) is 23.9 Å². The maximum absolute atomic E-state index is 11.7. The van der Waals surface area contributed by atoms with Crippen LogP contribution in [0, 0.1) is 5.92 Å². The number of hydrogen-bond donors (Lipinski definition) is 1. The molecule has 0 radical (unpaired) electrons. The third-order valence-electron chi connectivity index (χ3n) is 2.66. The number of hydrogen-bond acceptors (Lipinski definition) is 4. The number of nitrogens with zero attached hydrogens (tertiary/aromatic N) is 4. The second-order valence-electron chi connectivity index (χ2n) is 4.35. The van der Waals surface area contributed by atoms with Crippen LogP contribution in [-0.2, 0) is 11.3 Å². The van der Waals surface area contributed by atoms with E-state index in [9.17, 15) is 9.59 Å². The molecule has 1 rings (SSSR count). The Morgan fingerprint density at radius 1 is 1.53 bits per heavy atom. The molecule has 0 amide bonds. The number of tetrazole rings is 1. The molecule has 0 aliphatic rings. The first kappa shape index (κ1) is 14.9. The standard InChI is InChI=1S/C12H18N4O3/c1-3-5-10(2)6-4-8-15-12(19)16(14-13-15)9-7-11(17)18/h3,7,9-10H,1,4-6,8H2,2H3,(H,17,18)/b9-7-. The lowest BCUT2D eigenvalue weighted by molar-refractivity contribution is -0.131. The van der Waals surface area contributed by atoms with Crippen LogP contribution in [0.25, 0.3) is 6.20 Å². The van der Waals surface area contributed by atoms with Crippen molar-refractivity contribution in [3.05, 3.63) is 29.2 Å². The van der Waals surface area contributed by atoms with E-state index in [-0.39, 0.29) is 0 Å². The predicted molar refractivity (Wildman–Crippen MR) is 70.5 cm³/mol. The summed E-state index contributed by atoms with van der Waals surface area (Å²) in [5.41, 5.74) is -0.436. The van der Waals surface area contributed by atoms with E-state index in [1.165, 1.54) is 4.68 Å². The number of rotatable bonds is 8. The second kappa shape index (κ2) is 7.30. The van der Waals surface area contributed by atoms with Crippen molar-refractivity contribution in [2.24, 2.45) is 5.92 Å². The van der Waals surface area contributed by atoms with Gasteiger partial charge in [0.2, 0.25) is 0 Å². The molecule has 0 spiro atoms. The summed E-state index contributed by atoms with van der Waals surface area (Å²) in [5, 5.41) is 15.7. The van der Waals surface area contributed by atoms with E-state index in [0.717, 1.165) is 36.2 Å². The molecule has 1 heterocycles. The predicted octanol–water partition coefficient (Wildman–Crippen LogP) is 0.988. The number of aryl methyl sites for hydroxylation is 1. The molecule has 7 nitrogen and oxygen atoms in total. The van der Waals surface area contributed by atoms with Crippen LogP contribution in [0.3, 0.4) is 0 Å². The maximum atomic E-state index is 11.7. The van der Waals surface area contributed by atoms with Crippen LogP contribution in [0.5, 0.6) is 0 Å². The summed E-state index contributed by atoms with van der Waals surface area (Å²) >= 11 is 0. The van der Waals surface area contributed by atoms with Gasteiger partial charge < -0.3 is 5.11 Å². The minimum atomic E-state index is -1.14. The van der Waals surface area contributed by atoms with Gasteiger partial charge in [-0.1, -0.05) is 13.0 Å². The van der Waals surface area contributed by atoms with Crippen molar-refractivity contribution in [1.29, 1.82) is 0 Å². The third-order valence-corrected chi connectivity index (χ3v) is 2.66. The molecule has 0 saturated carbocycles. The number of aliphatic carboxylic acids is 1. The van der Waals surface area contributed by atoms with E-state index < -0.39 is 11.7 Å². The minimum absolute atomic E-state index is 0.436. The molecule has 0 aliphatic heterocycles. The molecule has 0 fully saturated rings. The van der Waals surface area contributed by atoms with E-state index >= 15 is 0 Å². The van der Waals surface area contributed by atoms with E-state index in [4.69, 9.17) is 5.11 Å². The Morgan fingerprint density at radius 3 is 2.89 bits per heavy atom. The van der Waals surface area contributed by atoms with Crippen molar-refractivity contribution in [2.75, 3.05) is 0 Å². The van der Waals surface area contributed by atoms with Crippen LogP contribution in [0.4, 0.5) is 0 Å². The van der Waals surface area contributed by atoms with Gasteiger partial charge in [0.15, 0.2) is 0 Å². The Balaban J connectivity index is 2.54. The summed E-state index contributed by atoms with van der Waals surface area (Å²) in [4.78, 5) is 22.1. The largest absolute Gasteiger partial charge is 0.478 e. The Labute approximate surface area is 110 Å². The molecule has 1 aromatic heterocycles. The number of carbonyl (C=O) groups is 1. The van der Waals surface area contributed by atoms with Crippen molar-refractivity contribution >= 4 is 12.2 Å². The fourth-order valence-electron chi connectivity index (χ4n) is 1.65. The van der Waals surface area contributed by atoms with Gasteiger partial charge in [0.1, 0.15) is 0 Å². The van der Waals surface area contributed by atoms with Gasteiger partial charge in [-0.15, -0.1) is 6.58 Å². The summed E-state index contributed by atoms with van der Waals surface area (Å²) in [6.07, 6.45) is 6.53. The summed E-state index contributed by atoms with van der Waals surface area (Å²) in [5.74, 6) is -0.616. The monoisotopic (exact) mass is 266 g/mol. The van der Waals surface area contributed by atoms with Gasteiger partial charge in [-0.2, -0.15) is 9.36 Å². The minimum Gasteiger partial charge on any atom is -0.478 e.